The summed E-state index contributed by atoms with van der Waals surface area (Å²) >= 11 is 0. The van der Waals surface area contributed by atoms with E-state index in [1.807, 2.05) is 0 Å². The van der Waals surface area contributed by atoms with Crippen molar-refractivity contribution >= 4 is 0 Å². The largest absolute Gasteiger partial charge is 0.487 e. The summed E-state index contributed by atoms with van der Waals surface area (Å²) < 4.78 is 49.4. The normalized spacial score (nSPS) is 15.9. The van der Waals surface area contributed by atoms with Crippen molar-refractivity contribution in [1.29, 1.82) is 0 Å². The van der Waals surface area contributed by atoms with Crippen LogP contribution in [0.3, 0.4) is 0 Å². The average Bonchev–Trinajstić information content (AvgIpc) is 3.02. The van der Waals surface area contributed by atoms with E-state index in [1.165, 1.54) is 12.1 Å². The fourth-order valence-corrected chi connectivity index (χ4v) is 1.55. The molecule has 0 amide bonds. The Labute approximate surface area is 104 Å². The van der Waals surface area contributed by atoms with Gasteiger partial charge in [-0.2, -0.15) is 13.2 Å². The van der Waals surface area contributed by atoms with Gasteiger partial charge in [-0.05, 0) is 38.8 Å². The molecule has 0 atom stereocenters. The molecule has 18 heavy (non-hydrogen) atoms. The zero-order valence-electron chi connectivity index (χ0n) is 10.3. The Balaban J connectivity index is 2.37. The second kappa shape index (κ2) is 4.71. The molecular formula is C13H15F3O2. The van der Waals surface area contributed by atoms with E-state index in [0.29, 0.717) is 0 Å². The summed E-state index contributed by atoms with van der Waals surface area (Å²) in [6, 6.07) is 3.87. The molecule has 2 rings (SSSR count). The van der Waals surface area contributed by atoms with Crippen LogP contribution in [0.1, 0.15) is 32.3 Å². The van der Waals surface area contributed by atoms with E-state index in [2.05, 4.69) is 0 Å². The van der Waals surface area contributed by atoms with Crippen LogP contribution in [0.4, 0.5) is 13.2 Å². The Morgan fingerprint density at radius 3 is 2.39 bits per heavy atom. The first-order valence-corrected chi connectivity index (χ1v) is 5.91. The summed E-state index contributed by atoms with van der Waals surface area (Å²) in [6.45, 7) is 3.38. The molecule has 0 aliphatic heterocycles. The van der Waals surface area contributed by atoms with Crippen molar-refractivity contribution in [2.45, 2.75) is 45.1 Å². The Bertz CT molecular complexity index is 423. The lowest BCUT2D eigenvalue weighted by molar-refractivity contribution is -0.139. The standard InChI is InChI=1S/C13H15F3O2/c1-8(2)17-12-10(13(14,15)16)4-3-5-11(12)18-9-6-7-9/h3-5,8-9H,6-7H2,1-2H3. The van der Waals surface area contributed by atoms with Gasteiger partial charge in [0.25, 0.3) is 0 Å². The molecule has 0 saturated heterocycles. The number of rotatable bonds is 4. The molecule has 0 aromatic heterocycles. The van der Waals surface area contributed by atoms with Crippen molar-refractivity contribution in [3.05, 3.63) is 23.8 Å². The Kier molecular flexibility index (Phi) is 3.41. The summed E-state index contributed by atoms with van der Waals surface area (Å²) in [5.41, 5.74) is -0.783. The highest BCUT2D eigenvalue weighted by Crippen LogP contribution is 2.43. The van der Waals surface area contributed by atoms with Crippen molar-refractivity contribution < 1.29 is 22.6 Å². The van der Waals surface area contributed by atoms with Gasteiger partial charge in [-0.25, -0.2) is 0 Å². The monoisotopic (exact) mass is 260 g/mol. The highest BCUT2D eigenvalue weighted by Gasteiger charge is 2.37. The number of alkyl halides is 3. The van der Waals surface area contributed by atoms with Gasteiger partial charge in [0.1, 0.15) is 5.56 Å². The molecule has 0 unspecified atom stereocenters. The van der Waals surface area contributed by atoms with E-state index < -0.39 is 11.7 Å². The van der Waals surface area contributed by atoms with Gasteiger partial charge in [0.05, 0.1) is 12.2 Å². The smallest absolute Gasteiger partial charge is 0.420 e. The van der Waals surface area contributed by atoms with E-state index in [0.717, 1.165) is 18.9 Å². The van der Waals surface area contributed by atoms with Crippen LogP contribution in [0, 0.1) is 0 Å². The van der Waals surface area contributed by atoms with Crippen molar-refractivity contribution in [2.24, 2.45) is 0 Å². The van der Waals surface area contributed by atoms with Crippen LogP contribution in [-0.2, 0) is 6.18 Å². The maximum absolute atomic E-state index is 12.9. The maximum atomic E-state index is 12.9. The summed E-state index contributed by atoms with van der Waals surface area (Å²) in [5.74, 6) is -0.0204. The number of benzene rings is 1. The van der Waals surface area contributed by atoms with E-state index in [4.69, 9.17) is 9.47 Å². The second-order valence-electron chi connectivity index (χ2n) is 4.61. The third kappa shape index (κ3) is 3.09. The Morgan fingerprint density at radius 1 is 1.22 bits per heavy atom. The van der Waals surface area contributed by atoms with E-state index in [9.17, 15) is 13.2 Å². The molecule has 0 heterocycles. The zero-order valence-corrected chi connectivity index (χ0v) is 10.3. The van der Waals surface area contributed by atoms with Gasteiger partial charge in [-0.1, -0.05) is 6.07 Å². The number of halogens is 3. The molecule has 1 saturated carbocycles. The molecule has 0 radical (unpaired) electrons. The third-order valence-electron chi connectivity index (χ3n) is 2.46. The van der Waals surface area contributed by atoms with Crippen LogP contribution in [0.5, 0.6) is 11.5 Å². The summed E-state index contributed by atoms with van der Waals surface area (Å²) in [6.07, 6.45) is -2.97. The minimum Gasteiger partial charge on any atom is -0.487 e. The fourth-order valence-electron chi connectivity index (χ4n) is 1.55. The Morgan fingerprint density at radius 2 is 1.89 bits per heavy atom. The van der Waals surface area contributed by atoms with Gasteiger partial charge in [0, 0.05) is 0 Å². The van der Waals surface area contributed by atoms with Crippen LogP contribution >= 0.6 is 0 Å². The van der Waals surface area contributed by atoms with Crippen molar-refractivity contribution in [2.75, 3.05) is 0 Å². The average molecular weight is 260 g/mol. The minimum atomic E-state index is -4.44. The molecule has 100 valence electrons. The summed E-state index contributed by atoms with van der Waals surface area (Å²) in [7, 11) is 0. The molecule has 1 aliphatic rings. The van der Waals surface area contributed by atoms with Crippen molar-refractivity contribution in [1.82, 2.24) is 0 Å². The number of hydrogen-bond donors (Lipinski definition) is 0. The molecular weight excluding hydrogens is 245 g/mol. The van der Waals surface area contributed by atoms with Crippen LogP contribution in [0.25, 0.3) is 0 Å². The van der Waals surface area contributed by atoms with Gasteiger partial charge < -0.3 is 9.47 Å². The first-order valence-electron chi connectivity index (χ1n) is 5.91. The zero-order chi connectivity index (χ0) is 13.3. The minimum absolute atomic E-state index is 0.0306. The van der Waals surface area contributed by atoms with Gasteiger partial charge in [-0.15, -0.1) is 0 Å². The Hall–Kier alpha value is -1.39. The third-order valence-corrected chi connectivity index (χ3v) is 2.46. The quantitative estimate of drug-likeness (QED) is 0.813. The molecule has 1 fully saturated rings. The van der Waals surface area contributed by atoms with Crippen LogP contribution in [0.15, 0.2) is 18.2 Å². The van der Waals surface area contributed by atoms with Crippen molar-refractivity contribution in [3.8, 4) is 11.5 Å². The molecule has 0 spiro atoms. The summed E-state index contributed by atoms with van der Waals surface area (Å²) in [4.78, 5) is 0. The lowest BCUT2D eigenvalue weighted by atomic mass is 10.1. The van der Waals surface area contributed by atoms with Gasteiger partial charge in [0.15, 0.2) is 11.5 Å². The van der Waals surface area contributed by atoms with Gasteiger partial charge in [-0.3, -0.25) is 0 Å². The number of hydrogen-bond acceptors (Lipinski definition) is 2. The molecule has 0 bridgehead atoms. The fraction of sp³-hybridized carbons (Fsp3) is 0.538. The molecule has 2 nitrogen and oxygen atoms in total. The van der Waals surface area contributed by atoms with E-state index in [1.54, 1.807) is 13.8 Å². The number of ether oxygens (including phenoxy) is 2. The predicted octanol–water partition coefficient (Wildman–Crippen LogP) is 4.03. The molecule has 1 aromatic rings. The van der Waals surface area contributed by atoms with Crippen LogP contribution in [0.2, 0.25) is 0 Å². The highest BCUT2D eigenvalue weighted by molar-refractivity contribution is 5.48. The lowest BCUT2D eigenvalue weighted by Crippen LogP contribution is -2.14. The van der Waals surface area contributed by atoms with Crippen molar-refractivity contribution in [3.63, 3.8) is 0 Å². The highest BCUT2D eigenvalue weighted by atomic mass is 19.4. The van der Waals surface area contributed by atoms with Crippen LogP contribution < -0.4 is 9.47 Å². The molecule has 5 heteroatoms. The molecule has 1 aliphatic carbocycles. The van der Waals surface area contributed by atoms with E-state index >= 15 is 0 Å². The lowest BCUT2D eigenvalue weighted by Gasteiger charge is -2.19. The maximum Gasteiger partial charge on any atom is 0.420 e. The van der Waals surface area contributed by atoms with Crippen LogP contribution in [-0.4, -0.2) is 12.2 Å². The van der Waals surface area contributed by atoms with E-state index in [-0.39, 0.29) is 23.7 Å². The first-order chi connectivity index (χ1) is 8.38. The summed E-state index contributed by atoms with van der Waals surface area (Å²) in [5, 5.41) is 0. The number of para-hydroxylation sites is 1. The first kappa shape index (κ1) is 13.1. The predicted molar refractivity (Wildman–Crippen MR) is 60.9 cm³/mol. The second-order valence-corrected chi connectivity index (χ2v) is 4.61. The molecule has 0 N–H and O–H groups in total. The molecule has 1 aromatic carbocycles. The van der Waals surface area contributed by atoms with Gasteiger partial charge in [0.2, 0.25) is 0 Å². The van der Waals surface area contributed by atoms with Gasteiger partial charge >= 0.3 is 6.18 Å². The topological polar surface area (TPSA) is 18.5 Å². The SMILES string of the molecule is CC(C)Oc1c(OC2CC2)cccc1C(F)(F)F.